The van der Waals surface area contributed by atoms with Crippen LogP contribution in [-0.4, -0.2) is 12.1 Å². The molecule has 0 radical (unpaired) electrons. The second-order valence-electron chi connectivity index (χ2n) is 4.61. The van der Waals surface area contributed by atoms with Gasteiger partial charge >= 0.3 is 0 Å². The van der Waals surface area contributed by atoms with E-state index in [4.69, 9.17) is 27.4 Å². The minimum absolute atomic E-state index is 0.151. The molecule has 2 aromatic carbocycles. The summed E-state index contributed by atoms with van der Waals surface area (Å²) in [5, 5.41) is 0. The zero-order valence-corrected chi connectivity index (χ0v) is 12.7. The molecule has 0 fully saturated rings. The van der Waals surface area contributed by atoms with E-state index in [-0.39, 0.29) is 17.3 Å². The van der Waals surface area contributed by atoms with Crippen molar-refractivity contribution in [1.29, 1.82) is 0 Å². The standard InChI is InChI=1S/C16H16FNO2S/c1-10-3-5-14(19-2)12(7-10)9-20-15-6-4-11(16(18)21)8-13(15)17/h3-8H,9H2,1-2H3,(H2,18,21). The Kier molecular flexibility index (Phi) is 4.75. The third-order valence-corrected chi connectivity index (χ3v) is 3.27. The summed E-state index contributed by atoms with van der Waals surface area (Å²) in [4.78, 5) is 0.154. The molecule has 0 aliphatic rings. The largest absolute Gasteiger partial charge is 0.496 e. The molecule has 0 unspecified atom stereocenters. The van der Waals surface area contributed by atoms with Crippen LogP contribution in [0.3, 0.4) is 0 Å². The Bertz CT molecular complexity index is 673. The normalized spacial score (nSPS) is 10.2. The zero-order valence-electron chi connectivity index (χ0n) is 11.9. The van der Waals surface area contributed by atoms with Crippen LogP contribution in [0.5, 0.6) is 11.5 Å². The van der Waals surface area contributed by atoms with E-state index in [1.54, 1.807) is 13.2 Å². The lowest BCUT2D eigenvalue weighted by Gasteiger charge is -2.12. The van der Waals surface area contributed by atoms with E-state index in [1.807, 2.05) is 25.1 Å². The lowest BCUT2D eigenvalue weighted by Crippen LogP contribution is -2.10. The van der Waals surface area contributed by atoms with Crippen molar-refractivity contribution in [1.82, 2.24) is 0 Å². The molecule has 0 amide bonds. The van der Waals surface area contributed by atoms with Crippen molar-refractivity contribution in [2.24, 2.45) is 5.73 Å². The molecule has 0 saturated carbocycles. The molecule has 2 rings (SSSR count). The van der Waals surface area contributed by atoms with Crippen molar-refractivity contribution >= 4 is 17.2 Å². The number of hydrogen-bond acceptors (Lipinski definition) is 3. The highest BCUT2D eigenvalue weighted by Crippen LogP contribution is 2.24. The lowest BCUT2D eigenvalue weighted by atomic mass is 10.1. The molecule has 0 aliphatic carbocycles. The summed E-state index contributed by atoms with van der Waals surface area (Å²) in [6.45, 7) is 2.19. The number of methoxy groups -OCH3 is 1. The average Bonchev–Trinajstić information content (AvgIpc) is 2.46. The van der Waals surface area contributed by atoms with Crippen molar-refractivity contribution in [2.45, 2.75) is 13.5 Å². The molecule has 0 aliphatic heterocycles. The first-order valence-corrected chi connectivity index (χ1v) is 6.77. The fraction of sp³-hybridized carbons (Fsp3) is 0.188. The van der Waals surface area contributed by atoms with E-state index in [0.717, 1.165) is 11.1 Å². The number of halogens is 1. The fourth-order valence-corrected chi connectivity index (χ4v) is 2.07. The van der Waals surface area contributed by atoms with E-state index >= 15 is 0 Å². The second-order valence-corrected chi connectivity index (χ2v) is 5.05. The van der Waals surface area contributed by atoms with Gasteiger partial charge in [0.15, 0.2) is 11.6 Å². The average molecular weight is 305 g/mol. The van der Waals surface area contributed by atoms with Gasteiger partial charge in [-0.3, -0.25) is 0 Å². The first kappa shape index (κ1) is 15.3. The van der Waals surface area contributed by atoms with Crippen molar-refractivity contribution in [2.75, 3.05) is 7.11 Å². The smallest absolute Gasteiger partial charge is 0.165 e. The Hall–Kier alpha value is -2.14. The molecule has 5 heteroatoms. The minimum Gasteiger partial charge on any atom is -0.496 e. The number of ether oxygens (including phenoxy) is 2. The predicted molar refractivity (Wildman–Crippen MR) is 84.4 cm³/mol. The van der Waals surface area contributed by atoms with Gasteiger partial charge in [-0.05, 0) is 37.3 Å². The number of rotatable bonds is 5. The lowest BCUT2D eigenvalue weighted by molar-refractivity contribution is 0.282. The number of thiocarbonyl (C=S) groups is 1. The Balaban J connectivity index is 2.17. The van der Waals surface area contributed by atoms with Gasteiger partial charge in [-0.25, -0.2) is 4.39 Å². The van der Waals surface area contributed by atoms with Gasteiger partial charge in [-0.15, -0.1) is 0 Å². The third-order valence-electron chi connectivity index (χ3n) is 3.04. The minimum atomic E-state index is -0.494. The van der Waals surface area contributed by atoms with Crippen LogP contribution in [-0.2, 0) is 6.61 Å². The molecule has 0 spiro atoms. The van der Waals surface area contributed by atoms with Gasteiger partial charge in [0.2, 0.25) is 0 Å². The van der Waals surface area contributed by atoms with Crippen molar-refractivity contribution in [3.05, 3.63) is 58.9 Å². The number of nitrogens with two attached hydrogens (primary N) is 1. The van der Waals surface area contributed by atoms with Gasteiger partial charge in [-0.1, -0.05) is 23.8 Å². The van der Waals surface area contributed by atoms with E-state index in [1.165, 1.54) is 12.1 Å². The highest BCUT2D eigenvalue weighted by molar-refractivity contribution is 7.80. The van der Waals surface area contributed by atoms with Gasteiger partial charge in [0.05, 0.1) is 7.11 Å². The summed E-state index contributed by atoms with van der Waals surface area (Å²) in [5.41, 5.74) is 7.87. The maximum atomic E-state index is 13.9. The fourth-order valence-electron chi connectivity index (χ4n) is 1.95. The van der Waals surface area contributed by atoms with Crippen LogP contribution in [0, 0.1) is 12.7 Å². The molecule has 0 aromatic heterocycles. The summed E-state index contributed by atoms with van der Waals surface area (Å²) in [6, 6.07) is 10.2. The van der Waals surface area contributed by atoms with E-state index < -0.39 is 5.82 Å². The van der Waals surface area contributed by atoms with Gasteiger partial charge in [0, 0.05) is 11.1 Å². The van der Waals surface area contributed by atoms with Crippen LogP contribution in [0.1, 0.15) is 16.7 Å². The molecular weight excluding hydrogens is 289 g/mol. The van der Waals surface area contributed by atoms with E-state index in [2.05, 4.69) is 0 Å². The van der Waals surface area contributed by atoms with E-state index in [9.17, 15) is 4.39 Å². The van der Waals surface area contributed by atoms with Gasteiger partial charge in [-0.2, -0.15) is 0 Å². The maximum absolute atomic E-state index is 13.9. The van der Waals surface area contributed by atoms with Gasteiger partial charge in [0.25, 0.3) is 0 Å². The summed E-state index contributed by atoms with van der Waals surface area (Å²) < 4.78 is 24.7. The molecule has 0 atom stereocenters. The highest BCUT2D eigenvalue weighted by atomic mass is 32.1. The molecule has 2 aromatic rings. The number of hydrogen-bond donors (Lipinski definition) is 1. The molecule has 0 heterocycles. The van der Waals surface area contributed by atoms with Crippen LogP contribution in [0.4, 0.5) is 4.39 Å². The summed E-state index contributed by atoms with van der Waals surface area (Å²) in [5.74, 6) is 0.367. The Labute approximate surface area is 128 Å². The highest BCUT2D eigenvalue weighted by Gasteiger charge is 2.09. The zero-order chi connectivity index (χ0) is 15.4. The second kappa shape index (κ2) is 6.54. The molecule has 2 N–H and O–H groups in total. The third kappa shape index (κ3) is 3.70. The van der Waals surface area contributed by atoms with Crippen molar-refractivity contribution < 1.29 is 13.9 Å². The maximum Gasteiger partial charge on any atom is 0.165 e. The van der Waals surface area contributed by atoms with E-state index in [0.29, 0.717) is 11.3 Å². The first-order chi connectivity index (χ1) is 10.0. The number of aryl methyl sites for hydroxylation is 1. The van der Waals surface area contributed by atoms with Crippen molar-refractivity contribution in [3.63, 3.8) is 0 Å². The van der Waals surface area contributed by atoms with Crippen LogP contribution < -0.4 is 15.2 Å². The molecule has 110 valence electrons. The molecule has 21 heavy (non-hydrogen) atoms. The van der Waals surface area contributed by atoms with Crippen LogP contribution >= 0.6 is 12.2 Å². The van der Waals surface area contributed by atoms with Crippen molar-refractivity contribution in [3.8, 4) is 11.5 Å². The van der Waals surface area contributed by atoms with Crippen LogP contribution in [0.25, 0.3) is 0 Å². The summed E-state index contributed by atoms with van der Waals surface area (Å²) >= 11 is 4.81. The molecular formula is C16H16FNO2S. The summed E-state index contributed by atoms with van der Waals surface area (Å²) in [7, 11) is 1.59. The molecule has 0 bridgehead atoms. The quantitative estimate of drug-likeness (QED) is 0.860. The monoisotopic (exact) mass is 305 g/mol. The predicted octanol–water partition coefficient (Wildman–Crippen LogP) is 3.36. The Morgan fingerprint density at radius 2 is 1.90 bits per heavy atom. The van der Waals surface area contributed by atoms with Crippen LogP contribution in [0.2, 0.25) is 0 Å². The molecule has 3 nitrogen and oxygen atoms in total. The first-order valence-electron chi connectivity index (χ1n) is 6.37. The number of benzene rings is 2. The van der Waals surface area contributed by atoms with Gasteiger partial charge in [0.1, 0.15) is 17.3 Å². The molecule has 0 saturated heterocycles. The van der Waals surface area contributed by atoms with Gasteiger partial charge < -0.3 is 15.2 Å². The Morgan fingerprint density at radius 1 is 1.19 bits per heavy atom. The summed E-state index contributed by atoms with van der Waals surface area (Å²) in [6.07, 6.45) is 0. The SMILES string of the molecule is COc1ccc(C)cc1COc1ccc(C(N)=S)cc1F. The topological polar surface area (TPSA) is 44.5 Å². The Morgan fingerprint density at radius 3 is 2.52 bits per heavy atom. The van der Waals surface area contributed by atoms with Crippen LogP contribution in [0.15, 0.2) is 36.4 Å².